The van der Waals surface area contributed by atoms with Crippen LogP contribution < -0.4 is 10.5 Å². The molecular formula is C25H23F4N5O. The van der Waals surface area contributed by atoms with E-state index < -0.39 is 30.2 Å². The molecule has 182 valence electrons. The van der Waals surface area contributed by atoms with Crippen molar-refractivity contribution in [3.05, 3.63) is 59.2 Å². The number of hydrogen-bond acceptors (Lipinski definition) is 5. The van der Waals surface area contributed by atoms with Gasteiger partial charge in [-0.2, -0.15) is 4.98 Å². The van der Waals surface area contributed by atoms with Gasteiger partial charge >= 0.3 is 0 Å². The van der Waals surface area contributed by atoms with Gasteiger partial charge in [-0.25, -0.2) is 17.6 Å². The van der Waals surface area contributed by atoms with Crippen molar-refractivity contribution in [2.75, 3.05) is 24.7 Å². The molecule has 35 heavy (non-hydrogen) atoms. The van der Waals surface area contributed by atoms with Crippen molar-refractivity contribution in [2.45, 2.75) is 26.2 Å². The molecule has 10 heteroatoms. The third kappa shape index (κ3) is 5.35. The van der Waals surface area contributed by atoms with E-state index in [0.717, 1.165) is 34.4 Å². The number of aromatic nitrogens is 2. The summed E-state index contributed by atoms with van der Waals surface area (Å²) < 4.78 is 63.4. The molecule has 0 atom stereocenters. The second-order valence-electron chi connectivity index (χ2n) is 8.17. The molecule has 4 rings (SSSR count). The number of halogens is 4. The van der Waals surface area contributed by atoms with Gasteiger partial charge in [0.2, 0.25) is 5.62 Å². The van der Waals surface area contributed by atoms with Gasteiger partial charge in [-0.3, -0.25) is 15.4 Å². The molecular weight excluding hydrogens is 462 g/mol. The summed E-state index contributed by atoms with van der Waals surface area (Å²) in [7, 11) is 0. The number of alkyl halides is 2. The van der Waals surface area contributed by atoms with E-state index >= 15 is 4.39 Å². The van der Waals surface area contributed by atoms with Crippen molar-refractivity contribution in [1.82, 2.24) is 9.55 Å². The van der Waals surface area contributed by atoms with E-state index in [-0.39, 0.29) is 39.7 Å². The van der Waals surface area contributed by atoms with Gasteiger partial charge in [0.1, 0.15) is 23.3 Å². The minimum Gasteiger partial charge on any atom is -0.381 e. The number of nitrogens with zero attached hydrogens (tertiary/aromatic N) is 3. The number of benzene rings is 2. The fraction of sp³-hybridized carbons (Fsp3) is 0.320. The van der Waals surface area contributed by atoms with Crippen LogP contribution in [-0.4, -0.2) is 41.6 Å². The normalized spacial score (nSPS) is 14.1. The zero-order valence-corrected chi connectivity index (χ0v) is 18.9. The molecule has 1 saturated heterocycles. The van der Waals surface area contributed by atoms with Gasteiger partial charge in [0, 0.05) is 30.4 Å². The standard InChI is InChI=1S/C25H23F4N5O/c1-15(30)34-21-4-2-3-20(27)23(21)24(32-25(34)31)33(14-22(28)29)19-12-17(11-18(26)13-19)6-5-16-7-9-35-10-8-16/h2-4,11-13,16,22,30-31H,7-10,14H2,1H3. The van der Waals surface area contributed by atoms with Crippen molar-refractivity contribution >= 4 is 28.2 Å². The summed E-state index contributed by atoms with van der Waals surface area (Å²) in [5, 5.41) is 16.1. The fourth-order valence-corrected chi connectivity index (χ4v) is 4.06. The number of anilines is 2. The van der Waals surface area contributed by atoms with Crippen molar-refractivity contribution in [3.63, 3.8) is 0 Å². The SMILES string of the molecule is CC(=N)n1c(=N)nc(N(CC(F)F)c2cc(F)cc(C#CC3CCOCC3)c2)c2c(F)cccc21. The maximum atomic E-state index is 15.0. The highest BCUT2D eigenvalue weighted by molar-refractivity contribution is 5.97. The second-order valence-corrected chi connectivity index (χ2v) is 8.17. The molecule has 0 saturated carbocycles. The quantitative estimate of drug-likeness (QED) is 0.241. The summed E-state index contributed by atoms with van der Waals surface area (Å²) in [6.07, 6.45) is -1.36. The topological polar surface area (TPSA) is 78.0 Å². The Morgan fingerprint density at radius 2 is 1.97 bits per heavy atom. The van der Waals surface area contributed by atoms with Gasteiger partial charge in [-0.05, 0) is 50.1 Å². The van der Waals surface area contributed by atoms with Gasteiger partial charge in [0.05, 0.1) is 17.4 Å². The molecule has 0 unspecified atom stereocenters. The molecule has 2 N–H and O–H groups in total. The Kier molecular flexibility index (Phi) is 7.17. The maximum Gasteiger partial charge on any atom is 0.256 e. The van der Waals surface area contributed by atoms with E-state index in [2.05, 4.69) is 16.8 Å². The zero-order chi connectivity index (χ0) is 25.1. The number of nitrogens with one attached hydrogen (secondary N) is 2. The van der Waals surface area contributed by atoms with E-state index in [0.29, 0.717) is 13.2 Å². The Morgan fingerprint density at radius 1 is 1.23 bits per heavy atom. The lowest BCUT2D eigenvalue weighted by molar-refractivity contribution is 0.0807. The van der Waals surface area contributed by atoms with Crippen LogP contribution in [0, 0.1) is 40.2 Å². The second kappa shape index (κ2) is 10.3. The van der Waals surface area contributed by atoms with Crippen LogP contribution >= 0.6 is 0 Å². The molecule has 0 aliphatic carbocycles. The molecule has 0 radical (unpaired) electrons. The molecule has 1 aliphatic heterocycles. The third-order valence-electron chi connectivity index (χ3n) is 5.63. The van der Waals surface area contributed by atoms with E-state index in [9.17, 15) is 13.2 Å². The van der Waals surface area contributed by atoms with E-state index in [1.54, 1.807) is 0 Å². The first-order chi connectivity index (χ1) is 16.7. The zero-order valence-electron chi connectivity index (χ0n) is 18.9. The monoisotopic (exact) mass is 485 g/mol. The molecule has 1 aromatic heterocycles. The van der Waals surface area contributed by atoms with Crippen LogP contribution in [0.4, 0.5) is 29.1 Å². The minimum absolute atomic E-state index is 0.00218. The third-order valence-corrected chi connectivity index (χ3v) is 5.63. The number of rotatable bonds is 4. The molecule has 1 aliphatic rings. The first kappa shape index (κ1) is 24.4. The lowest BCUT2D eigenvalue weighted by Gasteiger charge is -2.26. The number of fused-ring (bicyclic) bond motifs is 1. The number of ether oxygens (including phenoxy) is 1. The average molecular weight is 485 g/mol. The predicted molar refractivity (Wildman–Crippen MR) is 124 cm³/mol. The molecule has 2 heterocycles. The van der Waals surface area contributed by atoms with Gasteiger partial charge in [0.15, 0.2) is 0 Å². The maximum absolute atomic E-state index is 15.0. The summed E-state index contributed by atoms with van der Waals surface area (Å²) in [6, 6.07) is 7.69. The van der Waals surface area contributed by atoms with E-state index in [4.69, 9.17) is 15.6 Å². The highest BCUT2D eigenvalue weighted by Gasteiger charge is 2.23. The molecule has 3 aromatic rings. The minimum atomic E-state index is -2.87. The Balaban J connectivity index is 1.88. The summed E-state index contributed by atoms with van der Waals surface area (Å²) >= 11 is 0. The van der Waals surface area contributed by atoms with Gasteiger partial charge in [-0.1, -0.05) is 17.9 Å². The van der Waals surface area contributed by atoms with Crippen LogP contribution in [0.5, 0.6) is 0 Å². The van der Waals surface area contributed by atoms with Crippen LogP contribution in [0.25, 0.3) is 10.9 Å². The average Bonchev–Trinajstić information content (AvgIpc) is 2.80. The Labute approximate surface area is 199 Å². The van der Waals surface area contributed by atoms with Crippen molar-refractivity contribution in [3.8, 4) is 11.8 Å². The first-order valence-corrected chi connectivity index (χ1v) is 11.0. The first-order valence-electron chi connectivity index (χ1n) is 11.0. The van der Waals surface area contributed by atoms with Gasteiger partial charge < -0.3 is 9.64 Å². The van der Waals surface area contributed by atoms with Crippen LogP contribution in [0.3, 0.4) is 0 Å². The smallest absolute Gasteiger partial charge is 0.256 e. The number of hydrogen-bond donors (Lipinski definition) is 2. The summed E-state index contributed by atoms with van der Waals surface area (Å²) in [5.41, 5.74) is -0.0474. The molecule has 0 amide bonds. The summed E-state index contributed by atoms with van der Waals surface area (Å²) in [5.74, 6) is 4.26. The lowest BCUT2D eigenvalue weighted by Crippen LogP contribution is -2.33. The highest BCUT2D eigenvalue weighted by Crippen LogP contribution is 2.33. The Bertz CT molecular complexity index is 1390. The lowest BCUT2D eigenvalue weighted by atomic mass is 10.0. The van der Waals surface area contributed by atoms with Crippen LogP contribution in [0.1, 0.15) is 25.3 Å². The van der Waals surface area contributed by atoms with Crippen LogP contribution in [0.15, 0.2) is 36.4 Å². The highest BCUT2D eigenvalue weighted by atomic mass is 19.3. The van der Waals surface area contributed by atoms with Crippen molar-refractivity contribution in [2.24, 2.45) is 5.92 Å². The van der Waals surface area contributed by atoms with Gasteiger partial charge in [0.25, 0.3) is 6.43 Å². The predicted octanol–water partition coefficient (Wildman–Crippen LogP) is 4.82. The van der Waals surface area contributed by atoms with E-state index in [1.807, 2.05) is 0 Å². The van der Waals surface area contributed by atoms with E-state index in [1.165, 1.54) is 31.2 Å². The Morgan fingerprint density at radius 3 is 2.66 bits per heavy atom. The summed E-state index contributed by atoms with van der Waals surface area (Å²) in [6.45, 7) is 1.67. The molecule has 1 fully saturated rings. The molecule has 0 bridgehead atoms. The summed E-state index contributed by atoms with van der Waals surface area (Å²) in [4.78, 5) is 5.05. The molecule has 6 nitrogen and oxygen atoms in total. The Hall–Kier alpha value is -3.71. The van der Waals surface area contributed by atoms with Crippen molar-refractivity contribution in [1.29, 1.82) is 10.8 Å². The van der Waals surface area contributed by atoms with Crippen LogP contribution in [-0.2, 0) is 4.74 Å². The molecule has 0 spiro atoms. The molecule has 2 aromatic carbocycles. The largest absolute Gasteiger partial charge is 0.381 e. The van der Waals surface area contributed by atoms with Gasteiger partial charge in [-0.15, -0.1) is 0 Å². The fourth-order valence-electron chi connectivity index (χ4n) is 4.06. The van der Waals surface area contributed by atoms with Crippen LogP contribution in [0.2, 0.25) is 0 Å². The van der Waals surface area contributed by atoms with Crippen molar-refractivity contribution < 1.29 is 22.3 Å².